The van der Waals surface area contributed by atoms with E-state index < -0.39 is 0 Å². The first-order chi connectivity index (χ1) is 11.3. The molecule has 0 unspecified atom stereocenters. The van der Waals surface area contributed by atoms with Gasteiger partial charge in [-0.05, 0) is 25.1 Å². The minimum atomic E-state index is -0.0648. The first kappa shape index (κ1) is 15.2. The number of benzene rings is 2. The molecule has 0 bridgehead atoms. The van der Waals surface area contributed by atoms with Gasteiger partial charge in [-0.3, -0.25) is 4.79 Å². The number of carbonyl (C=O) groups is 1. The minimum absolute atomic E-state index is 0.0648. The summed E-state index contributed by atoms with van der Waals surface area (Å²) >= 11 is 0. The average molecular weight is 308 g/mol. The van der Waals surface area contributed by atoms with E-state index in [1.807, 2.05) is 60.8 Å². The molecule has 0 saturated carbocycles. The zero-order chi connectivity index (χ0) is 16.1. The molecule has 2 aromatic carbocycles. The van der Waals surface area contributed by atoms with Crippen molar-refractivity contribution >= 4 is 16.8 Å². The van der Waals surface area contributed by atoms with Gasteiger partial charge in [-0.15, -0.1) is 0 Å². The topological polar surface area (TPSA) is 43.3 Å². The lowest BCUT2D eigenvalue weighted by atomic mass is 10.1. The van der Waals surface area contributed by atoms with E-state index in [0.717, 1.165) is 23.2 Å². The SMILES string of the molecule is CCn1cc(C(=O)NCCOc2ccccc2)c2ccccc21. The van der Waals surface area contributed by atoms with Crippen LogP contribution in [0, 0.1) is 0 Å². The van der Waals surface area contributed by atoms with Gasteiger partial charge in [0.15, 0.2) is 0 Å². The zero-order valence-corrected chi connectivity index (χ0v) is 13.2. The number of aryl methyl sites for hydroxylation is 1. The third-order valence-corrected chi connectivity index (χ3v) is 3.77. The van der Waals surface area contributed by atoms with Crippen LogP contribution in [0.15, 0.2) is 60.8 Å². The van der Waals surface area contributed by atoms with E-state index in [2.05, 4.69) is 16.8 Å². The molecule has 1 amide bonds. The highest BCUT2D eigenvalue weighted by Gasteiger charge is 2.13. The van der Waals surface area contributed by atoms with Crippen molar-refractivity contribution in [2.45, 2.75) is 13.5 Å². The molecule has 3 aromatic rings. The molecule has 3 rings (SSSR count). The Kier molecular flexibility index (Phi) is 4.62. The largest absolute Gasteiger partial charge is 0.492 e. The van der Waals surface area contributed by atoms with E-state index in [9.17, 15) is 4.79 Å². The van der Waals surface area contributed by atoms with Gasteiger partial charge >= 0.3 is 0 Å². The van der Waals surface area contributed by atoms with Crippen molar-refractivity contribution in [1.82, 2.24) is 9.88 Å². The summed E-state index contributed by atoms with van der Waals surface area (Å²) in [7, 11) is 0. The lowest BCUT2D eigenvalue weighted by molar-refractivity contribution is 0.0948. The van der Waals surface area contributed by atoms with Gasteiger partial charge in [0.1, 0.15) is 12.4 Å². The van der Waals surface area contributed by atoms with E-state index in [-0.39, 0.29) is 5.91 Å². The molecule has 0 aliphatic carbocycles. The molecular formula is C19H20N2O2. The fourth-order valence-corrected chi connectivity index (χ4v) is 2.63. The van der Waals surface area contributed by atoms with Gasteiger partial charge in [0.05, 0.1) is 12.1 Å². The highest BCUT2D eigenvalue weighted by atomic mass is 16.5. The maximum absolute atomic E-state index is 12.4. The fraction of sp³-hybridized carbons (Fsp3) is 0.211. The van der Waals surface area contributed by atoms with Crippen LogP contribution >= 0.6 is 0 Å². The Balaban J connectivity index is 1.62. The van der Waals surface area contributed by atoms with Crippen LogP contribution in [0.4, 0.5) is 0 Å². The Morgan fingerprint density at radius 1 is 1.09 bits per heavy atom. The Morgan fingerprint density at radius 2 is 1.83 bits per heavy atom. The summed E-state index contributed by atoms with van der Waals surface area (Å²) in [5.41, 5.74) is 1.79. The van der Waals surface area contributed by atoms with Gasteiger partial charge in [-0.2, -0.15) is 0 Å². The molecular weight excluding hydrogens is 288 g/mol. The molecule has 1 aromatic heterocycles. The Bertz CT molecular complexity index is 793. The van der Waals surface area contributed by atoms with Crippen LogP contribution in [0.25, 0.3) is 10.9 Å². The first-order valence-corrected chi connectivity index (χ1v) is 7.83. The maximum Gasteiger partial charge on any atom is 0.253 e. The van der Waals surface area contributed by atoms with Crippen LogP contribution in [0.2, 0.25) is 0 Å². The third-order valence-electron chi connectivity index (χ3n) is 3.77. The number of carbonyl (C=O) groups excluding carboxylic acids is 1. The smallest absolute Gasteiger partial charge is 0.253 e. The fourth-order valence-electron chi connectivity index (χ4n) is 2.63. The van der Waals surface area contributed by atoms with E-state index in [0.29, 0.717) is 18.7 Å². The van der Waals surface area contributed by atoms with Crippen LogP contribution in [0.5, 0.6) is 5.75 Å². The number of para-hydroxylation sites is 2. The molecule has 0 aliphatic heterocycles. The number of amides is 1. The van der Waals surface area contributed by atoms with Crippen LogP contribution in [0.3, 0.4) is 0 Å². The molecule has 1 N–H and O–H groups in total. The van der Waals surface area contributed by atoms with Gasteiger partial charge in [0.2, 0.25) is 0 Å². The number of fused-ring (bicyclic) bond motifs is 1. The highest BCUT2D eigenvalue weighted by Crippen LogP contribution is 2.21. The van der Waals surface area contributed by atoms with Gasteiger partial charge in [0, 0.05) is 23.6 Å². The summed E-state index contributed by atoms with van der Waals surface area (Å²) in [6, 6.07) is 17.6. The molecule has 0 fully saturated rings. The second-order valence-electron chi connectivity index (χ2n) is 5.26. The molecule has 0 aliphatic rings. The van der Waals surface area contributed by atoms with E-state index >= 15 is 0 Å². The standard InChI is InChI=1S/C19H20N2O2/c1-2-21-14-17(16-10-6-7-11-18(16)21)19(22)20-12-13-23-15-8-4-3-5-9-15/h3-11,14H,2,12-13H2,1H3,(H,20,22). The molecule has 118 valence electrons. The van der Waals surface area contributed by atoms with Crippen molar-refractivity contribution in [3.63, 3.8) is 0 Å². The quantitative estimate of drug-likeness (QED) is 0.709. The normalized spacial score (nSPS) is 10.7. The first-order valence-electron chi connectivity index (χ1n) is 7.83. The molecule has 0 atom stereocenters. The molecule has 0 radical (unpaired) electrons. The molecule has 0 saturated heterocycles. The number of aromatic nitrogens is 1. The summed E-state index contributed by atoms with van der Waals surface area (Å²) in [4.78, 5) is 12.4. The van der Waals surface area contributed by atoms with E-state index in [4.69, 9.17) is 4.74 Å². The molecule has 4 heteroatoms. The summed E-state index contributed by atoms with van der Waals surface area (Å²) in [5, 5.41) is 3.90. The summed E-state index contributed by atoms with van der Waals surface area (Å²) in [6.07, 6.45) is 1.91. The third kappa shape index (κ3) is 3.37. The van der Waals surface area contributed by atoms with Gasteiger partial charge in [-0.1, -0.05) is 36.4 Å². The number of rotatable bonds is 6. The lowest BCUT2D eigenvalue weighted by Gasteiger charge is -2.07. The lowest BCUT2D eigenvalue weighted by Crippen LogP contribution is -2.28. The molecule has 1 heterocycles. The van der Waals surface area contributed by atoms with Crippen molar-refractivity contribution in [2.75, 3.05) is 13.2 Å². The highest BCUT2D eigenvalue weighted by molar-refractivity contribution is 6.06. The second-order valence-corrected chi connectivity index (χ2v) is 5.26. The summed E-state index contributed by atoms with van der Waals surface area (Å²) in [6.45, 7) is 3.83. The minimum Gasteiger partial charge on any atom is -0.492 e. The van der Waals surface area contributed by atoms with Crippen LogP contribution < -0.4 is 10.1 Å². The predicted octanol–water partition coefficient (Wildman–Crippen LogP) is 3.47. The Labute approximate surface area is 135 Å². The number of nitrogens with one attached hydrogen (secondary N) is 1. The predicted molar refractivity (Wildman–Crippen MR) is 91.9 cm³/mol. The van der Waals surface area contributed by atoms with Gasteiger partial charge in [0.25, 0.3) is 5.91 Å². The molecule has 23 heavy (non-hydrogen) atoms. The van der Waals surface area contributed by atoms with Crippen molar-refractivity contribution in [3.8, 4) is 5.75 Å². The van der Waals surface area contributed by atoms with Crippen LogP contribution in [0.1, 0.15) is 17.3 Å². The van der Waals surface area contributed by atoms with E-state index in [1.54, 1.807) is 0 Å². The van der Waals surface area contributed by atoms with Crippen molar-refractivity contribution in [3.05, 3.63) is 66.4 Å². The average Bonchev–Trinajstić information content (AvgIpc) is 2.98. The number of ether oxygens (including phenoxy) is 1. The van der Waals surface area contributed by atoms with Gasteiger partial charge in [-0.25, -0.2) is 0 Å². The monoisotopic (exact) mass is 308 g/mol. The Morgan fingerprint density at radius 3 is 2.61 bits per heavy atom. The second kappa shape index (κ2) is 7.01. The number of hydrogen-bond donors (Lipinski definition) is 1. The van der Waals surface area contributed by atoms with Gasteiger partial charge < -0.3 is 14.6 Å². The zero-order valence-electron chi connectivity index (χ0n) is 13.2. The van der Waals surface area contributed by atoms with Crippen LogP contribution in [-0.4, -0.2) is 23.6 Å². The van der Waals surface area contributed by atoms with E-state index in [1.165, 1.54) is 0 Å². The molecule has 0 spiro atoms. The summed E-state index contributed by atoms with van der Waals surface area (Å²) in [5.74, 6) is 0.745. The molecule has 4 nitrogen and oxygen atoms in total. The van der Waals surface area contributed by atoms with Crippen molar-refractivity contribution in [2.24, 2.45) is 0 Å². The maximum atomic E-state index is 12.4. The Hall–Kier alpha value is -2.75. The number of hydrogen-bond acceptors (Lipinski definition) is 2. The number of nitrogens with zero attached hydrogens (tertiary/aromatic N) is 1. The van der Waals surface area contributed by atoms with Crippen molar-refractivity contribution < 1.29 is 9.53 Å². The van der Waals surface area contributed by atoms with Crippen LogP contribution in [-0.2, 0) is 6.54 Å². The van der Waals surface area contributed by atoms with Crippen molar-refractivity contribution in [1.29, 1.82) is 0 Å². The summed E-state index contributed by atoms with van der Waals surface area (Å²) < 4.78 is 7.67.